The lowest BCUT2D eigenvalue weighted by molar-refractivity contribution is 0.178. The van der Waals surface area contributed by atoms with Crippen molar-refractivity contribution in [3.63, 3.8) is 0 Å². The van der Waals surface area contributed by atoms with Crippen LogP contribution < -0.4 is 15.6 Å². The van der Waals surface area contributed by atoms with E-state index in [0.29, 0.717) is 47.8 Å². The molecule has 10 nitrogen and oxygen atoms in total. The Morgan fingerprint density at radius 2 is 2.00 bits per heavy atom. The summed E-state index contributed by atoms with van der Waals surface area (Å²) in [4.78, 5) is 41.0. The Kier molecular flexibility index (Phi) is 8.16. The third kappa shape index (κ3) is 5.91. The second-order valence-electron chi connectivity index (χ2n) is 6.26. The summed E-state index contributed by atoms with van der Waals surface area (Å²) in [7, 11) is -3.54. The summed E-state index contributed by atoms with van der Waals surface area (Å²) in [5.74, 6) is 0.761. The zero-order valence-corrected chi connectivity index (χ0v) is 18.2. The Morgan fingerprint density at radius 1 is 1.27 bits per heavy atom. The van der Waals surface area contributed by atoms with E-state index in [0.717, 1.165) is 13.5 Å². The molecular weight excluding hydrogens is 413 g/mol. The molecule has 0 fully saturated rings. The lowest BCUT2D eigenvalue weighted by atomic mass is 10.1. The highest BCUT2D eigenvalue weighted by Gasteiger charge is 2.24. The van der Waals surface area contributed by atoms with Crippen LogP contribution in [-0.2, 0) is 26.5 Å². The summed E-state index contributed by atoms with van der Waals surface area (Å²) in [5, 5.41) is 2.34. The highest BCUT2D eigenvalue weighted by atomic mass is 31.2. The van der Waals surface area contributed by atoms with Crippen LogP contribution in [0.3, 0.4) is 0 Å². The number of nitrogens with one attached hydrogen (secondary N) is 2. The van der Waals surface area contributed by atoms with Crippen molar-refractivity contribution in [3.05, 3.63) is 39.8 Å². The van der Waals surface area contributed by atoms with Gasteiger partial charge in [0.1, 0.15) is 11.6 Å². The minimum absolute atomic E-state index is 0.236. The van der Waals surface area contributed by atoms with E-state index in [1.54, 1.807) is 6.07 Å². The number of nitrogens with zero attached hydrogens (tertiary/aromatic N) is 1. The molecule has 0 aliphatic carbocycles. The van der Waals surface area contributed by atoms with Gasteiger partial charge < -0.3 is 14.2 Å². The minimum Gasteiger partial charge on any atom is -0.493 e. The quantitative estimate of drug-likeness (QED) is 0.503. The molecule has 2 aromatic rings. The van der Waals surface area contributed by atoms with E-state index in [4.69, 9.17) is 4.74 Å². The van der Waals surface area contributed by atoms with Crippen molar-refractivity contribution in [2.75, 3.05) is 19.0 Å². The number of hydrogen-bond acceptors (Lipinski definition) is 7. The summed E-state index contributed by atoms with van der Waals surface area (Å²) in [6, 6.07) is 4.67. The molecule has 11 heteroatoms. The van der Waals surface area contributed by atoms with Crippen molar-refractivity contribution in [2.45, 2.75) is 40.0 Å². The number of aromatic nitrogens is 2. The topological polar surface area (TPSA) is 140 Å². The van der Waals surface area contributed by atoms with Crippen molar-refractivity contribution < 1.29 is 28.0 Å². The van der Waals surface area contributed by atoms with Gasteiger partial charge in [0.15, 0.2) is 0 Å². The van der Waals surface area contributed by atoms with E-state index in [1.165, 1.54) is 12.1 Å². The van der Waals surface area contributed by atoms with E-state index < -0.39 is 13.9 Å². The second-order valence-corrected chi connectivity index (χ2v) is 7.75. The van der Waals surface area contributed by atoms with Gasteiger partial charge in [-0.05, 0) is 37.5 Å². The predicted molar refractivity (Wildman–Crippen MR) is 112 cm³/mol. The number of carbonyl (C=O) groups excluding carboxylic acids is 1. The molecule has 0 saturated heterocycles. The van der Waals surface area contributed by atoms with Crippen LogP contribution in [0.2, 0.25) is 0 Å². The maximum Gasteiger partial charge on any atom is 0.530 e. The Hall–Kier alpha value is -2.68. The third-order valence-electron chi connectivity index (χ3n) is 4.16. The summed E-state index contributed by atoms with van der Waals surface area (Å²) >= 11 is 0. The molecule has 0 spiro atoms. The molecule has 2 rings (SSSR count). The number of phosphoric ester groups is 1. The summed E-state index contributed by atoms with van der Waals surface area (Å²) < 4.78 is 25.7. The fourth-order valence-corrected chi connectivity index (χ4v) is 3.07. The van der Waals surface area contributed by atoms with Crippen molar-refractivity contribution in [1.29, 1.82) is 0 Å². The van der Waals surface area contributed by atoms with Crippen molar-refractivity contribution in [2.24, 2.45) is 0 Å². The normalized spacial score (nSPS) is 12.8. The Labute approximate surface area is 174 Å². The molecule has 0 aliphatic heterocycles. The van der Waals surface area contributed by atoms with Crippen molar-refractivity contribution >= 4 is 19.6 Å². The lowest BCUT2D eigenvalue weighted by Crippen LogP contribution is -2.18. The van der Waals surface area contributed by atoms with Gasteiger partial charge in [-0.3, -0.25) is 19.5 Å². The van der Waals surface area contributed by atoms with Crippen LogP contribution >= 0.6 is 7.82 Å². The van der Waals surface area contributed by atoms with Crippen LogP contribution in [-0.4, -0.2) is 34.7 Å². The Bertz CT molecular complexity index is 1010. The maximum atomic E-state index is 12.5. The molecule has 0 saturated carbocycles. The number of anilines is 1. The number of carbonyl (C=O) groups is 1. The first-order valence-electron chi connectivity index (χ1n) is 9.52. The van der Waals surface area contributed by atoms with Crippen LogP contribution in [0.4, 0.5) is 10.5 Å². The molecule has 164 valence electrons. The smallest absolute Gasteiger partial charge is 0.493 e. The number of aromatic amines is 1. The van der Waals surface area contributed by atoms with Crippen LogP contribution in [0.5, 0.6) is 5.75 Å². The van der Waals surface area contributed by atoms with E-state index in [2.05, 4.69) is 24.3 Å². The van der Waals surface area contributed by atoms with Gasteiger partial charge in [0.2, 0.25) is 0 Å². The van der Waals surface area contributed by atoms with Gasteiger partial charge in [-0.25, -0.2) is 14.3 Å². The number of rotatable bonds is 9. The van der Waals surface area contributed by atoms with E-state index >= 15 is 0 Å². The van der Waals surface area contributed by atoms with Crippen LogP contribution in [0.1, 0.15) is 38.4 Å². The van der Waals surface area contributed by atoms with Gasteiger partial charge in [-0.1, -0.05) is 20.8 Å². The first-order chi connectivity index (χ1) is 14.2. The molecule has 3 N–H and O–H groups in total. The van der Waals surface area contributed by atoms with Gasteiger partial charge in [0, 0.05) is 18.4 Å². The largest absolute Gasteiger partial charge is 0.530 e. The van der Waals surface area contributed by atoms with Gasteiger partial charge in [0.25, 0.3) is 5.56 Å². The second kappa shape index (κ2) is 10.4. The standard InChI is InChI=1S/C19H26N3O7P/c1-5-10-28-16-9-8-12(20-19(24)29-30(25,26)27-4)11-14(16)17-21-15(7-3)13(6-2)18(23)22-17/h8-9,11H,5-7,10H2,1-4H3,(H,20,24)(H,25,26)(H,21,22,23). The van der Waals surface area contributed by atoms with Crippen molar-refractivity contribution in [3.8, 4) is 17.1 Å². The molecule has 1 aromatic carbocycles. The van der Waals surface area contributed by atoms with Gasteiger partial charge in [-0.15, -0.1) is 0 Å². The molecule has 30 heavy (non-hydrogen) atoms. The molecule has 1 heterocycles. The molecule has 1 atom stereocenters. The van der Waals surface area contributed by atoms with Gasteiger partial charge >= 0.3 is 13.9 Å². The fourth-order valence-electron chi connectivity index (χ4n) is 2.74. The van der Waals surface area contributed by atoms with Gasteiger partial charge in [0.05, 0.1) is 17.9 Å². The Balaban J connectivity index is 2.47. The fraction of sp³-hybridized carbons (Fsp3) is 0.421. The monoisotopic (exact) mass is 439 g/mol. The molecule has 1 aromatic heterocycles. The molecule has 0 bridgehead atoms. The van der Waals surface area contributed by atoms with E-state index in [9.17, 15) is 19.0 Å². The molecular formula is C19H26N3O7P. The lowest BCUT2D eigenvalue weighted by Gasteiger charge is -2.15. The number of H-pyrrole nitrogens is 1. The highest BCUT2D eigenvalue weighted by molar-refractivity contribution is 7.48. The van der Waals surface area contributed by atoms with Crippen LogP contribution in [0.15, 0.2) is 23.0 Å². The van der Waals surface area contributed by atoms with Gasteiger partial charge in [-0.2, -0.15) is 0 Å². The average Bonchev–Trinajstić information content (AvgIpc) is 2.71. The van der Waals surface area contributed by atoms with E-state index in [1.807, 2.05) is 20.8 Å². The number of aryl methyl sites for hydroxylation is 1. The molecule has 0 radical (unpaired) electrons. The average molecular weight is 439 g/mol. The summed E-state index contributed by atoms with van der Waals surface area (Å²) in [6.45, 7) is 6.20. The first kappa shape index (κ1) is 23.6. The van der Waals surface area contributed by atoms with E-state index in [-0.39, 0.29) is 11.2 Å². The minimum atomic E-state index is -4.48. The summed E-state index contributed by atoms with van der Waals surface area (Å²) in [6.07, 6.45) is 0.734. The first-order valence-corrected chi connectivity index (χ1v) is 11.0. The number of amides is 1. The predicted octanol–water partition coefficient (Wildman–Crippen LogP) is 3.65. The SMILES string of the molecule is CCCOc1ccc(NC(=O)OP(=O)(O)OC)cc1-c1nc(CC)c(CC)c(=O)[nH]1. The third-order valence-corrected chi connectivity index (χ3v) is 5.02. The van der Waals surface area contributed by atoms with Crippen LogP contribution in [0.25, 0.3) is 11.4 Å². The molecule has 1 amide bonds. The molecule has 1 unspecified atom stereocenters. The number of ether oxygens (including phenoxy) is 1. The number of benzene rings is 1. The highest BCUT2D eigenvalue weighted by Crippen LogP contribution is 2.42. The van der Waals surface area contributed by atoms with Crippen LogP contribution in [0, 0.1) is 0 Å². The van der Waals surface area contributed by atoms with Crippen molar-refractivity contribution in [1.82, 2.24) is 9.97 Å². The Morgan fingerprint density at radius 3 is 2.60 bits per heavy atom. The zero-order chi connectivity index (χ0) is 22.3. The number of hydrogen-bond donors (Lipinski definition) is 3. The summed E-state index contributed by atoms with van der Waals surface area (Å²) in [5.41, 5.74) is 1.76. The molecule has 0 aliphatic rings. The zero-order valence-electron chi connectivity index (χ0n) is 17.4. The number of phosphoric acid groups is 1. The maximum absolute atomic E-state index is 12.5.